The lowest BCUT2D eigenvalue weighted by atomic mass is 10.1. The number of aryl methyl sites for hydroxylation is 2. The Hall–Kier alpha value is -0.580. The highest BCUT2D eigenvalue weighted by Crippen LogP contribution is 2.25. The van der Waals surface area contributed by atoms with E-state index in [1.54, 1.807) is 0 Å². The van der Waals surface area contributed by atoms with E-state index < -0.39 is 0 Å². The quantitative estimate of drug-likeness (QED) is 0.844. The van der Waals surface area contributed by atoms with E-state index in [2.05, 4.69) is 24.3 Å². The minimum Gasteiger partial charge on any atom is -0.393 e. The number of aliphatic hydroxyl groups excluding tert-OH is 1. The van der Waals surface area contributed by atoms with Crippen LogP contribution in [0.25, 0.3) is 0 Å². The molecule has 0 amide bonds. The lowest BCUT2D eigenvalue weighted by Crippen LogP contribution is -2.23. The first-order chi connectivity index (χ1) is 9.15. The van der Waals surface area contributed by atoms with Gasteiger partial charge >= 0.3 is 0 Å². The van der Waals surface area contributed by atoms with Crippen LogP contribution in [0.3, 0.4) is 0 Å². The van der Waals surface area contributed by atoms with Gasteiger partial charge in [-0.25, -0.2) is 0 Å². The molecule has 2 N–H and O–H groups in total. The normalized spacial score (nSPS) is 23.2. The van der Waals surface area contributed by atoms with Crippen molar-refractivity contribution in [2.24, 2.45) is 5.92 Å². The van der Waals surface area contributed by atoms with Gasteiger partial charge in [0.05, 0.1) is 22.5 Å². The summed E-state index contributed by atoms with van der Waals surface area (Å²) in [6, 6.07) is 0. The van der Waals surface area contributed by atoms with Crippen LogP contribution in [0.1, 0.15) is 44.5 Å². The van der Waals surface area contributed by atoms with Crippen molar-refractivity contribution < 1.29 is 5.11 Å². The smallest absolute Gasteiger partial charge is 0.0863 e. The highest BCUT2D eigenvalue weighted by molar-refractivity contribution is 6.31. The van der Waals surface area contributed by atoms with Crippen LogP contribution in [-0.4, -0.2) is 27.5 Å². The number of hydrogen-bond acceptors (Lipinski definition) is 3. The van der Waals surface area contributed by atoms with Gasteiger partial charge in [-0.1, -0.05) is 18.5 Å². The summed E-state index contributed by atoms with van der Waals surface area (Å²) >= 11 is 6.36. The third-order valence-corrected chi connectivity index (χ3v) is 4.37. The van der Waals surface area contributed by atoms with Crippen LogP contribution in [0, 0.1) is 5.92 Å². The first-order valence-electron chi connectivity index (χ1n) is 7.28. The zero-order chi connectivity index (χ0) is 13.8. The molecule has 1 heterocycles. The molecule has 4 nitrogen and oxygen atoms in total. The Labute approximate surface area is 120 Å². The van der Waals surface area contributed by atoms with Gasteiger partial charge in [-0.05, 0) is 45.1 Å². The highest BCUT2D eigenvalue weighted by Gasteiger charge is 2.22. The summed E-state index contributed by atoms with van der Waals surface area (Å²) in [6.07, 6.45) is 3.76. The maximum atomic E-state index is 9.51. The molecule has 1 fully saturated rings. The fraction of sp³-hybridized carbons (Fsp3) is 0.786. The largest absolute Gasteiger partial charge is 0.393 e. The molecule has 1 aliphatic carbocycles. The molecule has 0 bridgehead atoms. The van der Waals surface area contributed by atoms with Gasteiger partial charge < -0.3 is 10.4 Å². The van der Waals surface area contributed by atoms with Crippen molar-refractivity contribution in [2.45, 2.75) is 58.7 Å². The Bertz CT molecular complexity index is 419. The lowest BCUT2D eigenvalue weighted by molar-refractivity contribution is 0.177. The maximum absolute atomic E-state index is 9.51. The minimum atomic E-state index is -0.0942. The first kappa shape index (κ1) is 14.8. The van der Waals surface area contributed by atoms with Crippen molar-refractivity contribution in [3.05, 3.63) is 16.4 Å². The summed E-state index contributed by atoms with van der Waals surface area (Å²) < 4.78 is 1.98. The standard InChI is InChI=1S/C14H24ClN3O/c1-3-12-14(15)13(18(4-2)17-12)9-16-8-10-5-6-11(19)7-10/h10-11,16,19H,3-9H2,1-2H3. The van der Waals surface area contributed by atoms with Crippen molar-refractivity contribution in [3.63, 3.8) is 0 Å². The summed E-state index contributed by atoms with van der Waals surface area (Å²) in [5.41, 5.74) is 2.07. The fourth-order valence-electron chi connectivity index (χ4n) is 2.81. The summed E-state index contributed by atoms with van der Waals surface area (Å²) in [5.74, 6) is 0.595. The van der Waals surface area contributed by atoms with E-state index in [1.807, 2.05) is 4.68 Å². The van der Waals surface area contributed by atoms with E-state index in [4.69, 9.17) is 11.6 Å². The Morgan fingerprint density at radius 3 is 2.79 bits per heavy atom. The Morgan fingerprint density at radius 1 is 1.42 bits per heavy atom. The Morgan fingerprint density at radius 2 is 2.21 bits per heavy atom. The van der Waals surface area contributed by atoms with Crippen molar-refractivity contribution in [3.8, 4) is 0 Å². The molecule has 1 aromatic heterocycles. The summed E-state index contributed by atoms with van der Waals surface area (Å²) in [7, 11) is 0. The molecular weight excluding hydrogens is 262 g/mol. The van der Waals surface area contributed by atoms with Gasteiger partial charge in [0.25, 0.3) is 0 Å². The molecular formula is C14H24ClN3O. The lowest BCUT2D eigenvalue weighted by Gasteiger charge is -2.11. The van der Waals surface area contributed by atoms with Crippen LogP contribution in [0.4, 0.5) is 0 Å². The predicted octanol–water partition coefficient (Wildman–Crippen LogP) is 2.37. The van der Waals surface area contributed by atoms with Crippen molar-refractivity contribution >= 4 is 11.6 Å². The third kappa shape index (κ3) is 3.50. The van der Waals surface area contributed by atoms with E-state index in [0.717, 1.165) is 61.7 Å². The molecule has 1 aliphatic rings. The van der Waals surface area contributed by atoms with Gasteiger partial charge in [0, 0.05) is 13.1 Å². The number of halogens is 1. The number of rotatable bonds is 6. The van der Waals surface area contributed by atoms with Gasteiger partial charge in [-0.15, -0.1) is 0 Å². The SMILES string of the molecule is CCc1nn(CC)c(CNCC2CCC(O)C2)c1Cl. The van der Waals surface area contributed by atoms with Gasteiger partial charge in [-0.2, -0.15) is 5.10 Å². The first-order valence-corrected chi connectivity index (χ1v) is 7.66. The summed E-state index contributed by atoms with van der Waals surface area (Å²) in [5, 5.41) is 18.3. The molecule has 2 unspecified atom stereocenters. The van der Waals surface area contributed by atoms with E-state index in [1.165, 1.54) is 0 Å². The highest BCUT2D eigenvalue weighted by atomic mass is 35.5. The Balaban J connectivity index is 1.90. The number of aromatic nitrogens is 2. The molecule has 1 saturated carbocycles. The molecule has 0 aromatic carbocycles. The molecule has 5 heteroatoms. The maximum Gasteiger partial charge on any atom is 0.0863 e. The van der Waals surface area contributed by atoms with Crippen LogP contribution in [0.15, 0.2) is 0 Å². The van der Waals surface area contributed by atoms with Gasteiger partial charge in [0.2, 0.25) is 0 Å². The molecule has 0 radical (unpaired) electrons. The van der Waals surface area contributed by atoms with Crippen molar-refractivity contribution in [2.75, 3.05) is 6.54 Å². The zero-order valence-corrected chi connectivity index (χ0v) is 12.6. The summed E-state index contributed by atoms with van der Waals surface area (Å²) in [4.78, 5) is 0. The predicted molar refractivity (Wildman–Crippen MR) is 77.3 cm³/mol. The van der Waals surface area contributed by atoms with Gasteiger partial charge in [0.1, 0.15) is 0 Å². The zero-order valence-electron chi connectivity index (χ0n) is 11.8. The monoisotopic (exact) mass is 285 g/mol. The average molecular weight is 286 g/mol. The molecule has 2 rings (SSSR count). The molecule has 1 aromatic rings. The second-order valence-electron chi connectivity index (χ2n) is 5.34. The second kappa shape index (κ2) is 6.73. The van der Waals surface area contributed by atoms with Gasteiger partial charge in [-0.3, -0.25) is 4.68 Å². The summed E-state index contributed by atoms with van der Waals surface area (Å²) in [6.45, 7) is 6.71. The fourth-order valence-corrected chi connectivity index (χ4v) is 3.15. The average Bonchev–Trinajstić information content (AvgIpc) is 2.94. The topological polar surface area (TPSA) is 50.1 Å². The number of nitrogens with zero attached hydrogens (tertiary/aromatic N) is 2. The number of hydrogen-bond donors (Lipinski definition) is 2. The van der Waals surface area contributed by atoms with Crippen molar-refractivity contribution in [1.29, 1.82) is 0 Å². The van der Waals surface area contributed by atoms with Crippen LogP contribution >= 0.6 is 11.6 Å². The second-order valence-corrected chi connectivity index (χ2v) is 5.72. The minimum absolute atomic E-state index is 0.0942. The van der Waals surface area contributed by atoms with Crippen LogP contribution in [0.5, 0.6) is 0 Å². The Kier molecular flexibility index (Phi) is 5.25. The van der Waals surface area contributed by atoms with Crippen molar-refractivity contribution in [1.82, 2.24) is 15.1 Å². The van der Waals surface area contributed by atoms with E-state index in [0.29, 0.717) is 5.92 Å². The molecule has 0 saturated heterocycles. The number of nitrogens with one attached hydrogen (secondary N) is 1. The molecule has 2 atom stereocenters. The van der Waals surface area contributed by atoms with E-state index >= 15 is 0 Å². The third-order valence-electron chi connectivity index (χ3n) is 3.93. The molecule has 19 heavy (non-hydrogen) atoms. The van der Waals surface area contributed by atoms with Gasteiger partial charge in [0.15, 0.2) is 0 Å². The van der Waals surface area contributed by atoms with Crippen LogP contribution in [0.2, 0.25) is 5.02 Å². The molecule has 108 valence electrons. The molecule has 0 spiro atoms. The van der Waals surface area contributed by atoms with Crippen LogP contribution in [-0.2, 0) is 19.5 Å². The number of aliphatic hydroxyl groups is 1. The van der Waals surface area contributed by atoms with E-state index in [9.17, 15) is 5.11 Å². The van der Waals surface area contributed by atoms with E-state index in [-0.39, 0.29) is 6.10 Å². The molecule has 0 aliphatic heterocycles. The van der Waals surface area contributed by atoms with Crippen LogP contribution < -0.4 is 5.32 Å².